The molecule has 2 aromatic carbocycles. The number of rotatable bonds is 5. The van der Waals surface area contributed by atoms with Gasteiger partial charge in [-0.2, -0.15) is 0 Å². The molecule has 1 N–H and O–H groups in total. The second kappa shape index (κ2) is 8.23. The van der Waals surface area contributed by atoms with Crippen molar-refractivity contribution in [3.63, 3.8) is 0 Å². The van der Waals surface area contributed by atoms with Gasteiger partial charge in [-0.25, -0.2) is 9.18 Å². The van der Waals surface area contributed by atoms with Crippen LogP contribution in [0.15, 0.2) is 83.1 Å². The summed E-state index contributed by atoms with van der Waals surface area (Å²) >= 11 is 0. The van der Waals surface area contributed by atoms with Gasteiger partial charge in [0.2, 0.25) is 0 Å². The number of amides is 4. The summed E-state index contributed by atoms with van der Waals surface area (Å²) in [6, 6.07) is 16.4. The van der Waals surface area contributed by atoms with E-state index in [1.807, 2.05) is 28.8 Å². The van der Waals surface area contributed by atoms with E-state index in [0.29, 0.717) is 16.9 Å². The fourth-order valence-corrected chi connectivity index (χ4v) is 3.88. The lowest BCUT2D eigenvalue weighted by Gasteiger charge is -2.25. The van der Waals surface area contributed by atoms with E-state index in [0.717, 1.165) is 15.8 Å². The molecule has 1 saturated heterocycles. The van der Waals surface area contributed by atoms with Crippen LogP contribution in [-0.4, -0.2) is 27.3 Å². The molecule has 4 amide bonds. The Labute approximate surface area is 187 Å². The SMILES string of the molecule is O=C1NC(=O)N(Cc2ccco2)C(=O)/C1=C/c1cn(Cc2ccccc2F)c2ccccc12. The van der Waals surface area contributed by atoms with Gasteiger partial charge >= 0.3 is 6.03 Å². The lowest BCUT2D eigenvalue weighted by atomic mass is 10.1. The van der Waals surface area contributed by atoms with Crippen molar-refractivity contribution in [1.29, 1.82) is 0 Å². The number of fused-ring (bicyclic) bond motifs is 1. The number of nitrogens with one attached hydrogen (secondary N) is 1. The van der Waals surface area contributed by atoms with Crippen LogP contribution < -0.4 is 5.32 Å². The first-order valence-corrected chi connectivity index (χ1v) is 10.2. The summed E-state index contributed by atoms with van der Waals surface area (Å²) in [7, 11) is 0. The highest BCUT2D eigenvalue weighted by molar-refractivity contribution is 6.31. The molecular weight excluding hydrogens is 425 g/mol. The molecule has 4 aromatic rings. The number of hydrogen-bond acceptors (Lipinski definition) is 4. The Morgan fingerprint density at radius 1 is 0.939 bits per heavy atom. The molecule has 8 heteroatoms. The molecule has 1 fully saturated rings. The van der Waals surface area contributed by atoms with Gasteiger partial charge in [-0.15, -0.1) is 0 Å². The van der Waals surface area contributed by atoms with Crippen LogP contribution in [0.25, 0.3) is 17.0 Å². The molecule has 2 aromatic heterocycles. The van der Waals surface area contributed by atoms with E-state index in [2.05, 4.69) is 5.32 Å². The number of urea groups is 1. The average molecular weight is 443 g/mol. The number of imide groups is 2. The van der Waals surface area contributed by atoms with E-state index in [1.165, 1.54) is 18.4 Å². The number of hydrogen-bond donors (Lipinski definition) is 1. The summed E-state index contributed by atoms with van der Waals surface area (Å²) < 4.78 is 21.3. The Kier molecular flexibility index (Phi) is 5.10. The van der Waals surface area contributed by atoms with Crippen LogP contribution in [0.5, 0.6) is 0 Å². The van der Waals surface area contributed by atoms with Gasteiger partial charge in [0.25, 0.3) is 11.8 Å². The first-order valence-electron chi connectivity index (χ1n) is 10.2. The molecule has 1 aliphatic rings. The van der Waals surface area contributed by atoms with Crippen molar-refractivity contribution >= 4 is 34.8 Å². The number of benzene rings is 2. The minimum absolute atomic E-state index is 0.0999. The molecule has 164 valence electrons. The third kappa shape index (κ3) is 3.82. The predicted molar refractivity (Wildman–Crippen MR) is 118 cm³/mol. The van der Waals surface area contributed by atoms with Gasteiger partial charge in [0.1, 0.15) is 17.2 Å². The standard InChI is InChI=1S/C25H18FN3O4/c26-21-9-3-1-6-16(21)13-28-14-17(19-8-2-4-10-22(19)28)12-20-23(30)27-25(32)29(24(20)31)15-18-7-5-11-33-18/h1-12,14H,13,15H2,(H,27,30,32)/b20-12+. The van der Waals surface area contributed by atoms with Gasteiger partial charge in [0.15, 0.2) is 0 Å². The Bertz CT molecular complexity index is 1420. The molecule has 33 heavy (non-hydrogen) atoms. The average Bonchev–Trinajstić information content (AvgIpc) is 3.44. The molecule has 0 aliphatic carbocycles. The smallest absolute Gasteiger partial charge is 0.331 e. The minimum Gasteiger partial charge on any atom is -0.467 e. The van der Waals surface area contributed by atoms with E-state index >= 15 is 0 Å². The third-order valence-electron chi connectivity index (χ3n) is 5.50. The van der Waals surface area contributed by atoms with Crippen LogP contribution in [0.4, 0.5) is 9.18 Å². The summed E-state index contributed by atoms with van der Waals surface area (Å²) in [4.78, 5) is 38.7. The summed E-state index contributed by atoms with van der Waals surface area (Å²) in [5, 5.41) is 2.99. The molecule has 1 aliphatic heterocycles. The zero-order valence-electron chi connectivity index (χ0n) is 17.3. The summed E-state index contributed by atoms with van der Waals surface area (Å²) in [6.07, 6.45) is 4.66. The topological polar surface area (TPSA) is 84.6 Å². The summed E-state index contributed by atoms with van der Waals surface area (Å²) in [5.74, 6) is -1.39. The van der Waals surface area contributed by atoms with Crippen LogP contribution in [0, 0.1) is 5.82 Å². The number of aromatic nitrogens is 1. The fraction of sp³-hybridized carbons (Fsp3) is 0.0800. The van der Waals surface area contributed by atoms with Crippen LogP contribution in [-0.2, 0) is 22.7 Å². The predicted octanol–water partition coefficient (Wildman–Crippen LogP) is 4.08. The van der Waals surface area contributed by atoms with Crippen molar-refractivity contribution in [2.24, 2.45) is 0 Å². The van der Waals surface area contributed by atoms with E-state index < -0.39 is 17.8 Å². The van der Waals surface area contributed by atoms with Crippen molar-refractivity contribution < 1.29 is 23.2 Å². The Morgan fingerprint density at radius 2 is 1.73 bits per heavy atom. The fourth-order valence-electron chi connectivity index (χ4n) is 3.88. The van der Waals surface area contributed by atoms with Gasteiger partial charge in [0.05, 0.1) is 19.4 Å². The van der Waals surface area contributed by atoms with Crippen LogP contribution in [0.3, 0.4) is 0 Å². The van der Waals surface area contributed by atoms with Crippen LogP contribution in [0.2, 0.25) is 0 Å². The van der Waals surface area contributed by atoms with Gasteiger partial charge in [-0.05, 0) is 30.3 Å². The first kappa shape index (κ1) is 20.4. The molecule has 0 bridgehead atoms. The third-order valence-corrected chi connectivity index (χ3v) is 5.50. The number of halogens is 1. The normalized spacial score (nSPS) is 15.5. The maximum absolute atomic E-state index is 14.2. The van der Waals surface area contributed by atoms with E-state index in [9.17, 15) is 18.8 Å². The van der Waals surface area contributed by atoms with Gasteiger partial charge < -0.3 is 8.98 Å². The number of para-hydroxylation sites is 1. The zero-order valence-corrected chi connectivity index (χ0v) is 17.3. The van der Waals surface area contributed by atoms with Crippen molar-refractivity contribution in [2.75, 3.05) is 0 Å². The monoisotopic (exact) mass is 443 g/mol. The molecule has 0 saturated carbocycles. The van der Waals surface area contributed by atoms with Crippen molar-refractivity contribution in [1.82, 2.24) is 14.8 Å². The van der Waals surface area contributed by atoms with E-state index in [-0.39, 0.29) is 24.5 Å². The summed E-state index contributed by atoms with van der Waals surface area (Å²) in [6.45, 7) is 0.178. The highest BCUT2D eigenvalue weighted by Crippen LogP contribution is 2.26. The number of furan rings is 1. The van der Waals surface area contributed by atoms with Crippen LogP contribution in [0.1, 0.15) is 16.9 Å². The van der Waals surface area contributed by atoms with E-state index in [1.54, 1.807) is 36.5 Å². The Hall–Kier alpha value is -4.46. The van der Waals surface area contributed by atoms with Crippen molar-refractivity contribution in [2.45, 2.75) is 13.1 Å². The molecule has 0 radical (unpaired) electrons. The number of barbiturate groups is 1. The number of nitrogens with zero attached hydrogens (tertiary/aromatic N) is 2. The quantitative estimate of drug-likeness (QED) is 0.372. The van der Waals surface area contributed by atoms with Gasteiger partial charge in [0, 0.05) is 28.2 Å². The lowest BCUT2D eigenvalue weighted by molar-refractivity contribution is -0.130. The van der Waals surface area contributed by atoms with Gasteiger partial charge in [-0.3, -0.25) is 19.8 Å². The Balaban J connectivity index is 1.54. The number of carbonyl (C=O) groups excluding carboxylic acids is 3. The second-order valence-corrected chi connectivity index (χ2v) is 7.61. The highest BCUT2D eigenvalue weighted by Gasteiger charge is 2.36. The van der Waals surface area contributed by atoms with Crippen molar-refractivity contribution in [3.8, 4) is 0 Å². The molecule has 3 heterocycles. The van der Waals surface area contributed by atoms with Crippen molar-refractivity contribution in [3.05, 3.63) is 101 Å². The summed E-state index contributed by atoms with van der Waals surface area (Å²) in [5.41, 5.74) is 1.77. The maximum Gasteiger partial charge on any atom is 0.331 e. The van der Waals surface area contributed by atoms with Crippen LogP contribution >= 0.6 is 0 Å². The van der Waals surface area contributed by atoms with Gasteiger partial charge in [-0.1, -0.05) is 36.4 Å². The minimum atomic E-state index is -0.805. The lowest BCUT2D eigenvalue weighted by Crippen LogP contribution is -2.53. The molecule has 0 spiro atoms. The molecule has 5 rings (SSSR count). The first-order chi connectivity index (χ1) is 16.0. The highest BCUT2D eigenvalue weighted by atomic mass is 19.1. The molecule has 0 atom stereocenters. The Morgan fingerprint density at radius 3 is 2.52 bits per heavy atom. The number of carbonyl (C=O) groups is 3. The molecular formula is C25H18FN3O4. The molecule has 0 unspecified atom stereocenters. The second-order valence-electron chi connectivity index (χ2n) is 7.61. The molecule has 7 nitrogen and oxygen atoms in total. The largest absolute Gasteiger partial charge is 0.467 e. The van der Waals surface area contributed by atoms with E-state index in [4.69, 9.17) is 4.42 Å². The maximum atomic E-state index is 14.2. The zero-order chi connectivity index (χ0) is 22.9.